The van der Waals surface area contributed by atoms with E-state index in [0.29, 0.717) is 22.6 Å². The normalized spacial score (nSPS) is 13.8. The smallest absolute Gasteiger partial charge is 0.383 e. The maximum Gasteiger partial charge on any atom is 0.416 e. The summed E-state index contributed by atoms with van der Waals surface area (Å²) < 4.78 is 37.8. The molecule has 1 N–H and O–H groups in total. The van der Waals surface area contributed by atoms with Crippen LogP contribution >= 0.6 is 27.5 Å². The molecule has 1 aromatic rings. The molecule has 0 aromatic heterocycles. The molecule has 0 bridgehead atoms. The van der Waals surface area contributed by atoms with Gasteiger partial charge >= 0.3 is 6.18 Å². The summed E-state index contributed by atoms with van der Waals surface area (Å²) in [5, 5.41) is 2.96. The second kappa shape index (κ2) is 6.15. The average Bonchev–Trinajstić information content (AvgIpc) is 2.25. The largest absolute Gasteiger partial charge is 0.416 e. The molecule has 0 saturated carbocycles. The van der Waals surface area contributed by atoms with Crippen molar-refractivity contribution in [3.8, 4) is 0 Å². The van der Waals surface area contributed by atoms with E-state index in [1.807, 2.05) is 13.8 Å². The summed E-state index contributed by atoms with van der Waals surface area (Å²) in [6.07, 6.45) is -4.33. The summed E-state index contributed by atoms with van der Waals surface area (Å²) in [6.45, 7) is 4.48. The number of hydrogen-bond acceptors (Lipinski definition) is 1. The summed E-state index contributed by atoms with van der Waals surface area (Å²) in [5.41, 5.74) is -0.0690. The van der Waals surface area contributed by atoms with Crippen molar-refractivity contribution in [3.63, 3.8) is 0 Å². The lowest BCUT2D eigenvalue weighted by Gasteiger charge is -2.16. The molecule has 0 aliphatic carbocycles. The SMILES string of the molecule is CC(C)C(Cl)CNc1ccc(C(F)(F)F)cc1Br. The van der Waals surface area contributed by atoms with Crippen LogP contribution in [0.15, 0.2) is 22.7 Å². The number of nitrogens with one attached hydrogen (secondary N) is 1. The lowest BCUT2D eigenvalue weighted by Crippen LogP contribution is -2.19. The van der Waals surface area contributed by atoms with Crippen molar-refractivity contribution in [2.75, 3.05) is 11.9 Å². The van der Waals surface area contributed by atoms with Crippen LogP contribution in [0.1, 0.15) is 19.4 Å². The summed E-state index contributed by atoms with van der Waals surface area (Å²) in [6, 6.07) is 3.50. The second-order valence-corrected chi connectivity index (χ2v) is 5.75. The van der Waals surface area contributed by atoms with Gasteiger partial charge in [-0.05, 0) is 40.0 Å². The van der Waals surface area contributed by atoms with Crippen LogP contribution in [0.5, 0.6) is 0 Å². The Hall–Kier alpha value is -0.420. The fourth-order valence-electron chi connectivity index (χ4n) is 1.28. The first-order chi connectivity index (χ1) is 8.21. The molecular formula is C12H14BrClF3N. The van der Waals surface area contributed by atoms with Gasteiger partial charge in [0.2, 0.25) is 0 Å². The van der Waals surface area contributed by atoms with Gasteiger partial charge in [-0.1, -0.05) is 13.8 Å². The highest BCUT2D eigenvalue weighted by molar-refractivity contribution is 9.10. The van der Waals surface area contributed by atoms with Crippen LogP contribution in [0.2, 0.25) is 0 Å². The molecule has 0 saturated heterocycles. The number of alkyl halides is 4. The van der Waals surface area contributed by atoms with Gasteiger partial charge in [0.1, 0.15) is 0 Å². The summed E-state index contributed by atoms with van der Waals surface area (Å²) >= 11 is 9.19. The van der Waals surface area contributed by atoms with Gasteiger partial charge in [-0.25, -0.2) is 0 Å². The first-order valence-corrected chi connectivity index (χ1v) is 6.69. The minimum absolute atomic E-state index is 0.0702. The zero-order valence-corrected chi connectivity index (χ0v) is 12.3. The highest BCUT2D eigenvalue weighted by Gasteiger charge is 2.30. The van der Waals surface area contributed by atoms with Gasteiger partial charge in [0, 0.05) is 16.7 Å². The van der Waals surface area contributed by atoms with Crippen LogP contribution < -0.4 is 5.32 Å². The lowest BCUT2D eigenvalue weighted by atomic mass is 10.1. The molecule has 0 amide bonds. The molecule has 0 aliphatic heterocycles. The maximum absolute atomic E-state index is 12.5. The van der Waals surface area contributed by atoms with E-state index in [0.717, 1.165) is 12.1 Å². The standard InChI is InChI=1S/C12H14BrClF3N/c1-7(2)10(14)6-18-11-4-3-8(5-9(11)13)12(15,16)17/h3-5,7,10,18H,6H2,1-2H3. The molecular weight excluding hydrogens is 330 g/mol. The average molecular weight is 345 g/mol. The van der Waals surface area contributed by atoms with Crippen molar-refractivity contribution in [2.24, 2.45) is 5.92 Å². The Morgan fingerprint density at radius 3 is 2.39 bits per heavy atom. The van der Waals surface area contributed by atoms with Crippen molar-refractivity contribution in [1.29, 1.82) is 0 Å². The van der Waals surface area contributed by atoms with Crippen molar-refractivity contribution in [3.05, 3.63) is 28.2 Å². The van der Waals surface area contributed by atoms with Crippen LogP contribution in [0, 0.1) is 5.92 Å². The molecule has 0 fully saturated rings. The van der Waals surface area contributed by atoms with Crippen LogP contribution in [0.4, 0.5) is 18.9 Å². The number of halogens is 5. The third-order valence-electron chi connectivity index (χ3n) is 2.51. The molecule has 1 rings (SSSR count). The highest BCUT2D eigenvalue weighted by atomic mass is 79.9. The predicted octanol–water partition coefficient (Wildman–Crippen LogP) is 5.14. The molecule has 102 valence electrons. The molecule has 0 heterocycles. The van der Waals surface area contributed by atoms with Gasteiger partial charge < -0.3 is 5.32 Å². The Morgan fingerprint density at radius 1 is 1.33 bits per heavy atom. The van der Waals surface area contributed by atoms with Crippen molar-refractivity contribution >= 4 is 33.2 Å². The summed E-state index contributed by atoms with van der Waals surface area (Å²) in [7, 11) is 0. The third kappa shape index (κ3) is 4.35. The van der Waals surface area contributed by atoms with E-state index in [4.69, 9.17) is 11.6 Å². The molecule has 1 aromatic carbocycles. The van der Waals surface area contributed by atoms with E-state index in [1.165, 1.54) is 6.07 Å². The number of benzene rings is 1. The Kier molecular flexibility index (Phi) is 5.34. The highest BCUT2D eigenvalue weighted by Crippen LogP contribution is 2.34. The first kappa shape index (κ1) is 15.6. The van der Waals surface area contributed by atoms with E-state index in [-0.39, 0.29) is 5.38 Å². The Morgan fingerprint density at radius 2 is 1.94 bits per heavy atom. The molecule has 1 unspecified atom stereocenters. The van der Waals surface area contributed by atoms with Crippen LogP contribution in [0.3, 0.4) is 0 Å². The fourth-order valence-corrected chi connectivity index (χ4v) is 1.87. The summed E-state index contributed by atoms with van der Waals surface area (Å²) in [5.74, 6) is 0.299. The predicted molar refractivity (Wildman–Crippen MR) is 72.1 cm³/mol. The molecule has 1 atom stereocenters. The fraction of sp³-hybridized carbons (Fsp3) is 0.500. The molecule has 0 radical (unpaired) electrons. The van der Waals surface area contributed by atoms with Gasteiger partial charge in [-0.2, -0.15) is 13.2 Å². The topological polar surface area (TPSA) is 12.0 Å². The number of anilines is 1. The maximum atomic E-state index is 12.5. The summed E-state index contributed by atoms with van der Waals surface area (Å²) in [4.78, 5) is 0. The molecule has 18 heavy (non-hydrogen) atoms. The first-order valence-electron chi connectivity index (χ1n) is 5.46. The zero-order valence-electron chi connectivity index (χ0n) is 9.98. The van der Waals surface area contributed by atoms with Gasteiger partial charge in [0.05, 0.1) is 10.9 Å². The van der Waals surface area contributed by atoms with E-state index >= 15 is 0 Å². The van der Waals surface area contributed by atoms with E-state index in [1.54, 1.807) is 0 Å². The monoisotopic (exact) mass is 343 g/mol. The van der Waals surface area contributed by atoms with Crippen molar-refractivity contribution in [2.45, 2.75) is 25.4 Å². The number of rotatable bonds is 4. The Balaban J connectivity index is 2.75. The van der Waals surface area contributed by atoms with Crippen molar-refractivity contribution < 1.29 is 13.2 Å². The van der Waals surface area contributed by atoms with E-state index in [9.17, 15) is 13.2 Å². The zero-order chi connectivity index (χ0) is 13.9. The van der Waals surface area contributed by atoms with Gasteiger partial charge in [0.15, 0.2) is 0 Å². The minimum atomic E-state index is -4.33. The Bertz CT molecular complexity index is 407. The van der Waals surface area contributed by atoms with E-state index < -0.39 is 11.7 Å². The minimum Gasteiger partial charge on any atom is -0.383 e. The van der Waals surface area contributed by atoms with Crippen molar-refractivity contribution in [1.82, 2.24) is 0 Å². The Labute approximate surface area is 118 Å². The number of hydrogen-bond donors (Lipinski definition) is 1. The van der Waals surface area contributed by atoms with Crippen LogP contribution in [-0.4, -0.2) is 11.9 Å². The molecule has 1 nitrogen and oxygen atoms in total. The van der Waals surface area contributed by atoms with E-state index in [2.05, 4.69) is 21.2 Å². The van der Waals surface area contributed by atoms with Crippen LogP contribution in [0.25, 0.3) is 0 Å². The third-order valence-corrected chi connectivity index (χ3v) is 3.82. The molecule has 6 heteroatoms. The van der Waals surface area contributed by atoms with Gasteiger partial charge in [-0.15, -0.1) is 11.6 Å². The van der Waals surface area contributed by atoms with Crippen LogP contribution in [-0.2, 0) is 6.18 Å². The lowest BCUT2D eigenvalue weighted by molar-refractivity contribution is -0.137. The molecule has 0 spiro atoms. The molecule has 0 aliphatic rings. The van der Waals surface area contributed by atoms with Gasteiger partial charge in [-0.3, -0.25) is 0 Å². The van der Waals surface area contributed by atoms with Gasteiger partial charge in [0.25, 0.3) is 0 Å². The second-order valence-electron chi connectivity index (χ2n) is 4.33. The quantitative estimate of drug-likeness (QED) is 0.745.